The van der Waals surface area contributed by atoms with Crippen molar-refractivity contribution in [2.45, 2.75) is 33.1 Å². The standard InChI is InChI=1S/C18H26N2O5.Na/c1-4-10-19(11-5-2)12-9-14-7-6-8-16(20(23)24)15(14)13-17(21)18(22)25-3;/h6-8,13,21H,4-5,9-12H2,1-3H3;/q;+1/p-1/b17-13-;. The van der Waals surface area contributed by atoms with E-state index in [9.17, 15) is 20.0 Å². The Morgan fingerprint density at radius 2 is 1.85 bits per heavy atom. The number of hydrogen-bond acceptors (Lipinski definition) is 6. The fourth-order valence-corrected chi connectivity index (χ4v) is 2.68. The number of methoxy groups -OCH3 is 1. The molecule has 0 heterocycles. The summed E-state index contributed by atoms with van der Waals surface area (Å²) in [7, 11) is 1.10. The van der Waals surface area contributed by atoms with Gasteiger partial charge in [-0.15, -0.1) is 0 Å². The number of carbonyl (C=O) groups is 1. The molecule has 0 N–H and O–H groups in total. The van der Waals surface area contributed by atoms with Gasteiger partial charge in [0.05, 0.1) is 17.6 Å². The number of rotatable bonds is 10. The molecule has 0 saturated carbocycles. The third kappa shape index (κ3) is 7.45. The number of nitro groups is 1. The molecular formula is C18H25N2NaO5. The molecule has 0 aliphatic heterocycles. The van der Waals surface area contributed by atoms with Crippen LogP contribution in [-0.4, -0.2) is 42.5 Å². The van der Waals surface area contributed by atoms with Gasteiger partial charge in [0.1, 0.15) is 0 Å². The minimum absolute atomic E-state index is 0. The SMILES string of the molecule is CCCN(CCC)CCc1cccc([N+](=O)[O-])c1/C=C(\[O-])C(=O)OC.[Na+]. The Hall–Kier alpha value is -1.41. The molecular weight excluding hydrogens is 347 g/mol. The Kier molecular flexibility index (Phi) is 12.2. The Balaban J connectivity index is 0.00000625. The van der Waals surface area contributed by atoms with Crippen molar-refractivity contribution >= 4 is 17.7 Å². The topological polar surface area (TPSA) is 95.7 Å². The molecule has 0 spiro atoms. The Labute approximate surface area is 176 Å². The van der Waals surface area contributed by atoms with Crippen molar-refractivity contribution in [2.24, 2.45) is 0 Å². The Morgan fingerprint density at radius 1 is 1.23 bits per heavy atom. The molecule has 0 radical (unpaired) electrons. The van der Waals surface area contributed by atoms with Crippen molar-refractivity contribution in [2.75, 3.05) is 26.7 Å². The Bertz CT molecular complexity index is 628. The molecule has 0 bridgehead atoms. The van der Waals surface area contributed by atoms with Crippen LogP contribution in [0.2, 0.25) is 0 Å². The zero-order valence-electron chi connectivity index (χ0n) is 16.0. The normalized spacial score (nSPS) is 11.2. The van der Waals surface area contributed by atoms with Gasteiger partial charge in [0, 0.05) is 12.6 Å². The zero-order chi connectivity index (χ0) is 18.8. The summed E-state index contributed by atoms with van der Waals surface area (Å²) >= 11 is 0. The molecule has 0 fully saturated rings. The number of carbonyl (C=O) groups excluding carboxylic acids is 1. The first-order chi connectivity index (χ1) is 11.9. The summed E-state index contributed by atoms with van der Waals surface area (Å²) in [6.45, 7) is 6.83. The van der Waals surface area contributed by atoms with Crippen molar-refractivity contribution in [1.82, 2.24) is 4.90 Å². The minimum atomic E-state index is -1.04. The van der Waals surface area contributed by atoms with E-state index in [1.165, 1.54) is 6.07 Å². The monoisotopic (exact) mass is 372 g/mol. The average Bonchev–Trinajstić information content (AvgIpc) is 2.59. The predicted octanol–water partition coefficient (Wildman–Crippen LogP) is -0.862. The molecule has 0 amide bonds. The third-order valence-electron chi connectivity index (χ3n) is 3.81. The maximum Gasteiger partial charge on any atom is 1.00 e. The van der Waals surface area contributed by atoms with E-state index in [0.717, 1.165) is 45.7 Å². The third-order valence-corrected chi connectivity index (χ3v) is 3.81. The van der Waals surface area contributed by atoms with Crippen molar-refractivity contribution in [3.63, 3.8) is 0 Å². The molecule has 1 aromatic rings. The first-order valence-corrected chi connectivity index (χ1v) is 8.40. The zero-order valence-corrected chi connectivity index (χ0v) is 18.0. The first-order valence-electron chi connectivity index (χ1n) is 8.40. The van der Waals surface area contributed by atoms with Crippen LogP contribution in [0, 0.1) is 10.1 Å². The molecule has 0 aliphatic carbocycles. The second kappa shape index (κ2) is 12.9. The van der Waals surface area contributed by atoms with Crippen LogP contribution in [0.15, 0.2) is 24.0 Å². The second-order valence-corrected chi connectivity index (χ2v) is 5.70. The van der Waals surface area contributed by atoms with Gasteiger partial charge in [0.25, 0.3) is 5.69 Å². The van der Waals surface area contributed by atoms with Crippen LogP contribution >= 0.6 is 0 Å². The Morgan fingerprint density at radius 3 is 2.35 bits per heavy atom. The molecule has 0 atom stereocenters. The van der Waals surface area contributed by atoms with E-state index in [2.05, 4.69) is 23.5 Å². The molecule has 0 saturated heterocycles. The summed E-state index contributed by atoms with van der Waals surface area (Å²) in [5.41, 5.74) is 0.659. The van der Waals surface area contributed by atoms with E-state index >= 15 is 0 Å². The van der Waals surface area contributed by atoms with E-state index < -0.39 is 16.7 Å². The van der Waals surface area contributed by atoms with Crippen LogP contribution in [0.25, 0.3) is 6.08 Å². The molecule has 1 aromatic carbocycles. The van der Waals surface area contributed by atoms with Crippen LogP contribution in [-0.2, 0) is 16.0 Å². The molecule has 1 rings (SSSR count). The number of benzene rings is 1. The summed E-state index contributed by atoms with van der Waals surface area (Å²) in [5.74, 6) is -1.94. The molecule has 138 valence electrons. The smallest absolute Gasteiger partial charge is 0.868 e. The summed E-state index contributed by atoms with van der Waals surface area (Å²) in [5, 5.41) is 23.1. The molecule has 0 aliphatic rings. The van der Waals surface area contributed by atoms with Gasteiger partial charge in [0.15, 0.2) is 0 Å². The van der Waals surface area contributed by atoms with Crippen LogP contribution in [0.5, 0.6) is 0 Å². The van der Waals surface area contributed by atoms with Gasteiger partial charge in [-0.3, -0.25) is 10.1 Å². The van der Waals surface area contributed by atoms with Gasteiger partial charge in [-0.1, -0.05) is 26.0 Å². The summed E-state index contributed by atoms with van der Waals surface area (Å²) in [4.78, 5) is 24.4. The van der Waals surface area contributed by atoms with Crippen molar-refractivity contribution < 1.29 is 49.1 Å². The van der Waals surface area contributed by atoms with Gasteiger partial charge >= 0.3 is 35.5 Å². The fourth-order valence-electron chi connectivity index (χ4n) is 2.68. The molecule has 8 heteroatoms. The van der Waals surface area contributed by atoms with Crippen molar-refractivity contribution in [1.29, 1.82) is 0 Å². The van der Waals surface area contributed by atoms with Gasteiger partial charge in [-0.05, 0) is 49.8 Å². The molecule has 7 nitrogen and oxygen atoms in total. The van der Waals surface area contributed by atoms with Crippen LogP contribution in [0.3, 0.4) is 0 Å². The number of ether oxygens (including phenoxy) is 1. The molecule has 0 aromatic heterocycles. The quantitative estimate of drug-likeness (QED) is 0.132. The largest absolute Gasteiger partial charge is 1.00 e. The summed E-state index contributed by atoms with van der Waals surface area (Å²) < 4.78 is 4.39. The molecule has 26 heavy (non-hydrogen) atoms. The van der Waals surface area contributed by atoms with Gasteiger partial charge < -0.3 is 14.7 Å². The minimum Gasteiger partial charge on any atom is -0.868 e. The first kappa shape index (κ1) is 24.6. The van der Waals surface area contributed by atoms with E-state index in [1.807, 2.05) is 0 Å². The van der Waals surface area contributed by atoms with Crippen molar-refractivity contribution in [3.05, 3.63) is 45.2 Å². The van der Waals surface area contributed by atoms with E-state index in [-0.39, 0.29) is 40.8 Å². The van der Waals surface area contributed by atoms with Gasteiger partial charge in [-0.2, -0.15) is 0 Å². The van der Waals surface area contributed by atoms with E-state index in [0.29, 0.717) is 12.0 Å². The fraction of sp³-hybridized carbons (Fsp3) is 0.500. The van der Waals surface area contributed by atoms with Crippen LogP contribution < -0.4 is 34.7 Å². The number of nitro benzene ring substituents is 1. The van der Waals surface area contributed by atoms with E-state index in [4.69, 9.17) is 0 Å². The second-order valence-electron chi connectivity index (χ2n) is 5.70. The molecule has 0 unspecified atom stereocenters. The number of esters is 1. The summed E-state index contributed by atoms with van der Waals surface area (Å²) in [6.07, 6.45) is 3.61. The van der Waals surface area contributed by atoms with Gasteiger partial charge in [-0.25, -0.2) is 4.79 Å². The summed E-state index contributed by atoms with van der Waals surface area (Å²) in [6, 6.07) is 4.67. The van der Waals surface area contributed by atoms with Crippen molar-refractivity contribution in [3.8, 4) is 0 Å². The average molecular weight is 372 g/mol. The van der Waals surface area contributed by atoms with Gasteiger partial charge in [0.2, 0.25) is 0 Å². The maximum atomic E-state index is 11.9. The van der Waals surface area contributed by atoms with Crippen LogP contribution in [0.1, 0.15) is 37.8 Å². The van der Waals surface area contributed by atoms with E-state index in [1.54, 1.807) is 12.1 Å². The van der Waals surface area contributed by atoms with Crippen LogP contribution in [0.4, 0.5) is 5.69 Å². The number of hydrogen-bond donors (Lipinski definition) is 0. The number of nitrogens with zero attached hydrogens (tertiary/aromatic N) is 2. The maximum absolute atomic E-state index is 11.9. The predicted molar refractivity (Wildman–Crippen MR) is 93.8 cm³/mol.